The number of morpholine rings is 1. The Kier molecular flexibility index (Phi) is 7.49. The van der Waals surface area contributed by atoms with Crippen molar-refractivity contribution in [3.63, 3.8) is 0 Å². The lowest BCUT2D eigenvalue weighted by Crippen LogP contribution is -2.45. The third-order valence-electron chi connectivity index (χ3n) is 5.82. The van der Waals surface area contributed by atoms with E-state index in [9.17, 15) is 5.11 Å². The molecule has 1 fully saturated rings. The number of nitrogens with zero attached hydrogens (tertiary/aromatic N) is 1. The number of unbranched alkanes of at least 4 members (excludes halogenated alkanes) is 1. The smallest absolute Gasteiger partial charge is 0.118 e. The molecule has 0 aliphatic carbocycles. The molecule has 0 bridgehead atoms. The van der Waals surface area contributed by atoms with Gasteiger partial charge in [0.15, 0.2) is 0 Å². The van der Waals surface area contributed by atoms with E-state index in [1.165, 1.54) is 5.56 Å². The highest BCUT2D eigenvalue weighted by molar-refractivity contribution is 5.35. The Balaban J connectivity index is 1.98. The van der Waals surface area contributed by atoms with Crippen molar-refractivity contribution in [2.45, 2.75) is 37.7 Å². The molecular weight excluding hydrogens is 350 g/mol. The van der Waals surface area contributed by atoms with Gasteiger partial charge in [-0.05, 0) is 29.7 Å². The lowest BCUT2D eigenvalue weighted by molar-refractivity contribution is -0.0293. The van der Waals surface area contributed by atoms with Gasteiger partial charge in [-0.15, -0.1) is 0 Å². The van der Waals surface area contributed by atoms with Crippen molar-refractivity contribution in [3.05, 3.63) is 65.7 Å². The Morgan fingerprint density at radius 1 is 1.07 bits per heavy atom. The zero-order valence-electron chi connectivity index (χ0n) is 17.1. The molecule has 1 saturated heterocycles. The summed E-state index contributed by atoms with van der Waals surface area (Å²) in [5.41, 5.74) is 1.22. The molecule has 28 heavy (non-hydrogen) atoms. The van der Waals surface area contributed by atoms with Gasteiger partial charge >= 0.3 is 0 Å². The fourth-order valence-corrected chi connectivity index (χ4v) is 4.11. The molecular formula is C24H33NO3. The average Bonchev–Trinajstić information content (AvgIpc) is 2.77. The minimum atomic E-state index is -0.929. The Hall–Kier alpha value is -1.88. The van der Waals surface area contributed by atoms with Gasteiger partial charge in [-0.3, -0.25) is 4.90 Å². The molecule has 0 saturated carbocycles. The molecule has 2 aromatic carbocycles. The van der Waals surface area contributed by atoms with Crippen molar-refractivity contribution >= 4 is 0 Å². The second kappa shape index (κ2) is 10.1. The van der Waals surface area contributed by atoms with Crippen molar-refractivity contribution in [2.75, 3.05) is 40.0 Å². The summed E-state index contributed by atoms with van der Waals surface area (Å²) in [6, 6.07) is 18.4. The maximum absolute atomic E-state index is 12.1. The van der Waals surface area contributed by atoms with Crippen molar-refractivity contribution in [1.29, 1.82) is 0 Å². The summed E-state index contributed by atoms with van der Waals surface area (Å²) in [5.74, 6) is 0.803. The number of rotatable bonds is 9. The van der Waals surface area contributed by atoms with Crippen LogP contribution >= 0.6 is 0 Å². The molecule has 0 radical (unpaired) electrons. The Morgan fingerprint density at radius 2 is 1.75 bits per heavy atom. The molecule has 0 unspecified atom stereocenters. The van der Waals surface area contributed by atoms with Crippen LogP contribution in [0.2, 0.25) is 0 Å². The largest absolute Gasteiger partial charge is 0.497 e. The number of benzene rings is 2. The van der Waals surface area contributed by atoms with Crippen molar-refractivity contribution in [1.82, 2.24) is 4.90 Å². The molecule has 1 heterocycles. The van der Waals surface area contributed by atoms with Gasteiger partial charge in [-0.1, -0.05) is 62.2 Å². The van der Waals surface area contributed by atoms with Gasteiger partial charge in [0.05, 0.1) is 25.9 Å². The number of aliphatic hydroxyl groups is 1. The molecule has 4 heteroatoms. The van der Waals surface area contributed by atoms with E-state index in [4.69, 9.17) is 9.47 Å². The maximum atomic E-state index is 12.1. The van der Waals surface area contributed by atoms with Crippen molar-refractivity contribution in [3.8, 4) is 5.75 Å². The summed E-state index contributed by atoms with van der Waals surface area (Å²) in [4.78, 5) is 2.42. The molecule has 1 aliphatic heterocycles. The molecule has 152 valence electrons. The molecule has 1 aliphatic rings. The molecule has 0 aromatic heterocycles. The first kappa shape index (κ1) is 20.8. The van der Waals surface area contributed by atoms with E-state index in [2.05, 4.69) is 36.1 Å². The van der Waals surface area contributed by atoms with Crippen molar-refractivity contribution in [2.24, 2.45) is 0 Å². The van der Waals surface area contributed by atoms with Crippen LogP contribution < -0.4 is 4.74 Å². The van der Waals surface area contributed by atoms with Crippen LogP contribution in [0.15, 0.2) is 54.6 Å². The molecule has 3 rings (SSSR count). The van der Waals surface area contributed by atoms with Crippen LogP contribution in [-0.4, -0.2) is 50.0 Å². The van der Waals surface area contributed by atoms with Gasteiger partial charge in [-0.2, -0.15) is 0 Å². The first-order chi connectivity index (χ1) is 13.7. The van der Waals surface area contributed by atoms with Gasteiger partial charge in [0, 0.05) is 25.6 Å². The third-order valence-corrected chi connectivity index (χ3v) is 5.82. The average molecular weight is 384 g/mol. The molecule has 0 spiro atoms. The summed E-state index contributed by atoms with van der Waals surface area (Å²) in [6.45, 7) is 6.34. The highest BCUT2D eigenvalue weighted by Gasteiger charge is 2.40. The quantitative estimate of drug-likeness (QED) is 0.705. The van der Waals surface area contributed by atoms with E-state index in [1.54, 1.807) is 7.11 Å². The van der Waals surface area contributed by atoms with E-state index in [1.807, 2.05) is 30.3 Å². The lowest BCUT2D eigenvalue weighted by atomic mass is 9.74. The van der Waals surface area contributed by atoms with Gasteiger partial charge in [0.25, 0.3) is 0 Å². The second-order valence-corrected chi connectivity index (χ2v) is 7.63. The van der Waals surface area contributed by atoms with Crippen LogP contribution in [0.25, 0.3) is 0 Å². The van der Waals surface area contributed by atoms with Crippen LogP contribution in [0, 0.1) is 0 Å². The van der Waals surface area contributed by atoms with Crippen LogP contribution in [0.1, 0.15) is 43.2 Å². The number of hydrogen-bond donors (Lipinski definition) is 1. The normalized spacial score (nSPS) is 18.4. The fourth-order valence-electron chi connectivity index (χ4n) is 4.11. The highest BCUT2D eigenvalue weighted by Crippen LogP contribution is 2.42. The van der Waals surface area contributed by atoms with E-state index in [-0.39, 0.29) is 5.92 Å². The summed E-state index contributed by atoms with van der Waals surface area (Å²) >= 11 is 0. The summed E-state index contributed by atoms with van der Waals surface area (Å²) in [7, 11) is 1.67. The maximum Gasteiger partial charge on any atom is 0.118 e. The number of hydrogen-bond acceptors (Lipinski definition) is 4. The zero-order valence-corrected chi connectivity index (χ0v) is 17.1. The topological polar surface area (TPSA) is 41.9 Å². The van der Waals surface area contributed by atoms with Crippen molar-refractivity contribution < 1.29 is 14.6 Å². The Labute approximate surface area is 169 Å². The second-order valence-electron chi connectivity index (χ2n) is 7.63. The number of methoxy groups -OCH3 is 1. The molecule has 2 atom stereocenters. The van der Waals surface area contributed by atoms with Crippen LogP contribution in [-0.2, 0) is 10.3 Å². The predicted molar refractivity (Wildman–Crippen MR) is 113 cm³/mol. The zero-order chi connectivity index (χ0) is 19.8. The Morgan fingerprint density at radius 3 is 2.36 bits per heavy atom. The molecule has 1 N–H and O–H groups in total. The van der Waals surface area contributed by atoms with E-state index in [0.29, 0.717) is 0 Å². The van der Waals surface area contributed by atoms with Crippen LogP contribution in [0.5, 0.6) is 5.75 Å². The predicted octanol–water partition coefficient (Wildman–Crippen LogP) is 4.19. The number of ether oxygens (including phenoxy) is 2. The first-order valence-corrected chi connectivity index (χ1v) is 10.4. The standard InChI is InChI=1S/C24H33NO3/c1-3-4-14-24(26,21-10-12-22(27-2)13-11-21)23(20-8-6-5-7-9-20)19-25-15-17-28-18-16-25/h5-13,23,26H,3-4,14-19H2,1-2H3/t23-,24-/m0/s1. The molecule has 4 nitrogen and oxygen atoms in total. The monoisotopic (exact) mass is 383 g/mol. The van der Waals surface area contributed by atoms with Crippen LogP contribution in [0.4, 0.5) is 0 Å². The van der Waals surface area contributed by atoms with Gasteiger partial charge < -0.3 is 14.6 Å². The molecule has 2 aromatic rings. The summed E-state index contributed by atoms with van der Waals surface area (Å²) in [6.07, 6.45) is 2.77. The SMILES string of the molecule is CCCC[C@](O)(c1ccc(OC)cc1)[C@@H](CN1CCOCC1)c1ccccc1. The minimum Gasteiger partial charge on any atom is -0.497 e. The Bertz CT molecular complexity index is 698. The van der Waals surface area contributed by atoms with Crippen LogP contribution in [0.3, 0.4) is 0 Å². The van der Waals surface area contributed by atoms with E-state index >= 15 is 0 Å². The van der Waals surface area contributed by atoms with Gasteiger partial charge in [0.2, 0.25) is 0 Å². The highest BCUT2D eigenvalue weighted by atomic mass is 16.5. The third kappa shape index (κ3) is 4.93. The lowest BCUT2D eigenvalue weighted by Gasteiger charge is -2.41. The summed E-state index contributed by atoms with van der Waals surface area (Å²) in [5, 5.41) is 12.1. The van der Waals surface area contributed by atoms with E-state index < -0.39 is 5.60 Å². The van der Waals surface area contributed by atoms with Gasteiger partial charge in [0.1, 0.15) is 5.75 Å². The summed E-state index contributed by atoms with van der Waals surface area (Å²) < 4.78 is 10.9. The fraction of sp³-hybridized carbons (Fsp3) is 0.500. The van der Waals surface area contributed by atoms with Gasteiger partial charge in [-0.25, -0.2) is 0 Å². The molecule has 0 amide bonds. The minimum absolute atomic E-state index is 0.00764. The first-order valence-electron chi connectivity index (χ1n) is 10.4. The van der Waals surface area contributed by atoms with E-state index in [0.717, 1.165) is 63.4 Å².